The van der Waals surface area contributed by atoms with Crippen molar-refractivity contribution in [3.63, 3.8) is 0 Å². The second kappa shape index (κ2) is 9.58. The first-order chi connectivity index (χ1) is 15.7. The largest absolute Gasteiger partial charge is 0.493 e. The summed E-state index contributed by atoms with van der Waals surface area (Å²) in [6.07, 6.45) is 0. The third-order valence-electron chi connectivity index (χ3n) is 5.75. The fourth-order valence-electron chi connectivity index (χ4n) is 4.08. The molecule has 0 aromatic heterocycles. The molecule has 2 unspecified atom stereocenters. The Hall–Kier alpha value is -2.20. The van der Waals surface area contributed by atoms with Gasteiger partial charge in [0.2, 0.25) is 0 Å². The van der Waals surface area contributed by atoms with Crippen LogP contribution in [0.15, 0.2) is 65.7 Å². The molecule has 3 aromatic carbocycles. The highest BCUT2D eigenvalue weighted by atomic mass is 35.5. The average molecular weight is 502 g/mol. The van der Waals surface area contributed by atoms with Crippen LogP contribution in [0.4, 0.5) is 0 Å². The lowest BCUT2D eigenvalue weighted by Crippen LogP contribution is -2.26. The third-order valence-corrected chi connectivity index (χ3v) is 6.57. The molecule has 0 amide bonds. The predicted molar refractivity (Wildman–Crippen MR) is 139 cm³/mol. The number of hydrogen-bond donors (Lipinski definition) is 1. The summed E-state index contributed by atoms with van der Waals surface area (Å²) in [6, 6.07) is 19.5. The zero-order valence-electron chi connectivity index (χ0n) is 19.1. The highest BCUT2D eigenvalue weighted by Gasteiger charge is 2.33. The molecule has 0 radical (unpaired) electrons. The van der Waals surface area contributed by atoms with Crippen LogP contribution in [-0.4, -0.2) is 12.4 Å². The van der Waals surface area contributed by atoms with Gasteiger partial charge in [0.1, 0.15) is 17.6 Å². The summed E-state index contributed by atoms with van der Waals surface area (Å²) in [5, 5.41) is 5.72. The predicted octanol–water partition coefficient (Wildman–Crippen LogP) is 8.18. The van der Waals surface area contributed by atoms with Crippen LogP contribution in [0.3, 0.4) is 0 Å². The van der Waals surface area contributed by atoms with E-state index in [1.807, 2.05) is 67.6 Å². The molecule has 3 aromatic rings. The van der Waals surface area contributed by atoms with Crippen LogP contribution in [0.1, 0.15) is 62.0 Å². The molecule has 1 aliphatic heterocycles. The van der Waals surface area contributed by atoms with Gasteiger partial charge < -0.3 is 10.1 Å². The number of amidine groups is 1. The number of benzene rings is 3. The number of nitrogens with zero attached hydrogens (tertiary/aromatic N) is 1. The first kappa shape index (κ1) is 23.9. The van der Waals surface area contributed by atoms with Gasteiger partial charge in [0.25, 0.3) is 0 Å². The summed E-state index contributed by atoms with van der Waals surface area (Å²) < 4.78 is 6.04. The average Bonchev–Trinajstić information content (AvgIpc) is 3.20. The van der Waals surface area contributed by atoms with Crippen molar-refractivity contribution in [3.8, 4) is 5.75 Å². The van der Waals surface area contributed by atoms with Crippen LogP contribution in [0.25, 0.3) is 0 Å². The third kappa shape index (κ3) is 5.16. The Labute approximate surface area is 210 Å². The second-order valence-electron chi connectivity index (χ2n) is 9.16. The van der Waals surface area contributed by atoms with Gasteiger partial charge in [-0.25, -0.2) is 0 Å². The maximum Gasteiger partial charge on any atom is 0.133 e. The Kier molecular flexibility index (Phi) is 6.95. The molecule has 0 fully saturated rings. The highest BCUT2D eigenvalue weighted by Crippen LogP contribution is 2.41. The number of aliphatic imine (C=N–C) groups is 1. The van der Waals surface area contributed by atoms with E-state index in [0.29, 0.717) is 21.7 Å². The molecule has 0 aliphatic carbocycles. The number of rotatable bonds is 5. The first-order valence-electron chi connectivity index (χ1n) is 11.0. The van der Waals surface area contributed by atoms with Crippen molar-refractivity contribution < 1.29 is 4.74 Å². The summed E-state index contributed by atoms with van der Waals surface area (Å²) in [4.78, 5) is 5.11. The van der Waals surface area contributed by atoms with E-state index in [-0.39, 0.29) is 17.5 Å². The lowest BCUT2D eigenvalue weighted by Gasteiger charge is -2.23. The van der Waals surface area contributed by atoms with Crippen molar-refractivity contribution in [2.24, 2.45) is 4.99 Å². The number of halogens is 3. The van der Waals surface area contributed by atoms with Gasteiger partial charge in [0, 0.05) is 15.1 Å². The van der Waals surface area contributed by atoms with Crippen molar-refractivity contribution in [2.45, 2.75) is 45.2 Å². The SMILES string of the molecule is CCOc1cc(C(C)(C)C)c(Cl)cc1C1=NC(c2ccc(Cl)cc2)C(c2ccc(Cl)cc2)N1. The van der Waals surface area contributed by atoms with Crippen LogP contribution in [0.2, 0.25) is 15.1 Å². The molecule has 1 N–H and O–H groups in total. The molecular formula is C27H27Cl3N2O. The zero-order chi connectivity index (χ0) is 23.8. The van der Waals surface area contributed by atoms with E-state index < -0.39 is 0 Å². The minimum atomic E-state index is -0.144. The summed E-state index contributed by atoms with van der Waals surface area (Å²) >= 11 is 19.0. The molecular weight excluding hydrogens is 475 g/mol. The number of hydrogen-bond acceptors (Lipinski definition) is 3. The van der Waals surface area contributed by atoms with Gasteiger partial charge in [0.05, 0.1) is 18.2 Å². The van der Waals surface area contributed by atoms with Gasteiger partial charge >= 0.3 is 0 Å². The molecule has 33 heavy (non-hydrogen) atoms. The highest BCUT2D eigenvalue weighted by molar-refractivity contribution is 6.32. The van der Waals surface area contributed by atoms with E-state index in [0.717, 1.165) is 33.8 Å². The molecule has 0 saturated heterocycles. The minimum absolute atomic E-state index is 0.0750. The van der Waals surface area contributed by atoms with Gasteiger partial charge in [-0.05, 0) is 65.4 Å². The van der Waals surface area contributed by atoms with E-state index in [2.05, 4.69) is 26.1 Å². The molecule has 0 spiro atoms. The molecule has 6 heteroatoms. The first-order valence-corrected chi connectivity index (χ1v) is 12.1. The van der Waals surface area contributed by atoms with Crippen molar-refractivity contribution in [1.82, 2.24) is 5.32 Å². The molecule has 172 valence electrons. The van der Waals surface area contributed by atoms with Gasteiger partial charge in [-0.1, -0.05) is 79.8 Å². The summed E-state index contributed by atoms with van der Waals surface area (Å²) in [6.45, 7) is 8.95. The number of nitrogens with one attached hydrogen (secondary N) is 1. The standard InChI is InChI=1S/C27H27Cl3N2O/c1-5-33-23-15-21(27(2,3)4)22(30)14-20(23)26-31-24(16-6-10-18(28)11-7-16)25(32-26)17-8-12-19(29)13-9-17/h6-15,24-25H,5H2,1-4H3,(H,31,32). The van der Waals surface area contributed by atoms with Gasteiger partial charge in [-0.2, -0.15) is 0 Å². The quantitative estimate of drug-likeness (QED) is 0.382. The fraction of sp³-hybridized carbons (Fsp3) is 0.296. The normalized spacial score (nSPS) is 18.1. The Bertz CT molecular complexity index is 1170. The molecule has 1 aliphatic rings. The number of ether oxygens (including phenoxy) is 1. The lowest BCUT2D eigenvalue weighted by atomic mass is 9.86. The van der Waals surface area contributed by atoms with E-state index in [1.165, 1.54) is 0 Å². The Balaban J connectivity index is 1.81. The van der Waals surface area contributed by atoms with E-state index in [1.54, 1.807) is 0 Å². The topological polar surface area (TPSA) is 33.6 Å². The lowest BCUT2D eigenvalue weighted by molar-refractivity contribution is 0.338. The van der Waals surface area contributed by atoms with E-state index in [4.69, 9.17) is 44.5 Å². The Morgan fingerprint density at radius 1 is 0.879 bits per heavy atom. The second-order valence-corrected chi connectivity index (χ2v) is 10.4. The summed E-state index contributed by atoms with van der Waals surface area (Å²) in [7, 11) is 0. The maximum absolute atomic E-state index is 6.74. The van der Waals surface area contributed by atoms with Crippen molar-refractivity contribution in [1.29, 1.82) is 0 Å². The van der Waals surface area contributed by atoms with Gasteiger partial charge in [-0.15, -0.1) is 0 Å². The molecule has 3 nitrogen and oxygen atoms in total. The van der Waals surface area contributed by atoms with Crippen molar-refractivity contribution in [2.75, 3.05) is 6.61 Å². The fourth-order valence-corrected chi connectivity index (χ4v) is 4.77. The zero-order valence-corrected chi connectivity index (χ0v) is 21.4. The Morgan fingerprint density at radius 2 is 1.45 bits per heavy atom. The van der Waals surface area contributed by atoms with Crippen molar-refractivity contribution in [3.05, 3.63) is 98.0 Å². The molecule has 0 bridgehead atoms. The smallest absolute Gasteiger partial charge is 0.133 e. The van der Waals surface area contributed by atoms with Crippen LogP contribution in [0.5, 0.6) is 5.75 Å². The van der Waals surface area contributed by atoms with Crippen LogP contribution >= 0.6 is 34.8 Å². The van der Waals surface area contributed by atoms with Crippen molar-refractivity contribution >= 4 is 40.6 Å². The van der Waals surface area contributed by atoms with Crippen LogP contribution in [0, 0.1) is 0 Å². The van der Waals surface area contributed by atoms with Crippen LogP contribution < -0.4 is 10.1 Å². The van der Waals surface area contributed by atoms with E-state index in [9.17, 15) is 0 Å². The maximum atomic E-state index is 6.74. The molecule has 0 saturated carbocycles. The van der Waals surface area contributed by atoms with Gasteiger partial charge in [-0.3, -0.25) is 4.99 Å². The monoisotopic (exact) mass is 500 g/mol. The van der Waals surface area contributed by atoms with Gasteiger partial charge in [0.15, 0.2) is 0 Å². The summed E-state index contributed by atoms with van der Waals surface area (Å²) in [5.74, 6) is 1.52. The van der Waals surface area contributed by atoms with Crippen LogP contribution in [-0.2, 0) is 5.41 Å². The van der Waals surface area contributed by atoms with E-state index >= 15 is 0 Å². The Morgan fingerprint density at radius 3 is 2.00 bits per heavy atom. The summed E-state index contributed by atoms with van der Waals surface area (Å²) in [5.41, 5.74) is 3.94. The molecule has 1 heterocycles. The molecule has 4 rings (SSSR count). The molecule has 2 atom stereocenters. The minimum Gasteiger partial charge on any atom is -0.493 e.